The van der Waals surface area contributed by atoms with Crippen molar-refractivity contribution in [2.45, 2.75) is 220 Å². The van der Waals surface area contributed by atoms with E-state index < -0.39 is 63.7 Å². The van der Waals surface area contributed by atoms with Crippen LogP contribution in [-0.4, -0.2) is 62.5 Å². The van der Waals surface area contributed by atoms with Crippen LogP contribution in [0.25, 0.3) is 0 Å². The zero-order valence-corrected chi connectivity index (χ0v) is 39.9. The van der Waals surface area contributed by atoms with Crippen LogP contribution >= 0.6 is 7.82 Å². The molecule has 0 heterocycles. The van der Waals surface area contributed by atoms with E-state index in [4.69, 9.17) is 28.0 Å². The predicted octanol–water partition coefficient (Wildman–Crippen LogP) is 7.65. The van der Waals surface area contributed by atoms with Crippen molar-refractivity contribution in [1.29, 1.82) is 0 Å². The van der Waals surface area contributed by atoms with Gasteiger partial charge in [0.05, 0.1) is 13.2 Å². The number of rotatable bonds is 40. The molecule has 330 valence electrons. The van der Waals surface area contributed by atoms with Gasteiger partial charge in [-0.2, -0.15) is 0 Å². The molecule has 12 nitrogen and oxygen atoms in total. The van der Waals surface area contributed by atoms with Gasteiger partial charge in [-0.05, 0) is 25.2 Å². The summed E-state index contributed by atoms with van der Waals surface area (Å²) in [7, 11) is -5.02. The van der Waals surface area contributed by atoms with Crippen molar-refractivity contribution >= 4 is 31.7 Å². The molecule has 0 aliphatic heterocycles. The molecule has 0 fully saturated rings. The fourth-order valence-electron chi connectivity index (χ4n) is 6.02. The molecule has 0 bridgehead atoms. The van der Waals surface area contributed by atoms with E-state index >= 15 is 0 Å². The summed E-state index contributed by atoms with van der Waals surface area (Å²) >= 11 is 0. The Morgan fingerprint density at radius 3 is 1.16 bits per heavy atom. The van der Waals surface area contributed by atoms with E-state index in [0.29, 0.717) is 19.3 Å². The second-order valence-electron chi connectivity index (χ2n) is 15.5. The third-order valence-electron chi connectivity index (χ3n) is 9.29. The first-order chi connectivity index (χ1) is 26.9. The number of hydrogen-bond donors (Lipinski definition) is 0. The maximum Gasteiger partial charge on any atom is 1.00 e. The van der Waals surface area contributed by atoms with Crippen molar-refractivity contribution in [3.05, 3.63) is 0 Å². The van der Waals surface area contributed by atoms with E-state index in [9.17, 15) is 28.6 Å². The molecule has 0 spiro atoms. The molecular formula is C43H80NaO12P. The third kappa shape index (κ3) is 40.2. The van der Waals surface area contributed by atoms with Crippen LogP contribution in [0.1, 0.15) is 208 Å². The first-order valence-electron chi connectivity index (χ1n) is 22.2. The minimum absolute atomic E-state index is 0. The molecule has 0 saturated carbocycles. The van der Waals surface area contributed by atoms with Gasteiger partial charge in [-0.25, -0.2) is 0 Å². The number of unbranched alkanes of at least 4 members (excludes halogenated alkanes) is 20. The molecule has 0 saturated heterocycles. The van der Waals surface area contributed by atoms with Gasteiger partial charge in [0.15, 0.2) is 12.2 Å². The van der Waals surface area contributed by atoms with Crippen LogP contribution in [0.2, 0.25) is 0 Å². The average Bonchev–Trinajstić information content (AvgIpc) is 3.14. The average molecular weight is 843 g/mol. The Kier molecular flexibility index (Phi) is 41.2. The van der Waals surface area contributed by atoms with E-state index in [1.165, 1.54) is 89.9 Å². The first-order valence-corrected chi connectivity index (χ1v) is 23.7. The van der Waals surface area contributed by atoms with E-state index in [-0.39, 0.29) is 67.8 Å². The van der Waals surface area contributed by atoms with Crippen molar-refractivity contribution in [3.8, 4) is 0 Å². The Morgan fingerprint density at radius 1 is 0.456 bits per heavy atom. The minimum atomic E-state index is -5.02. The summed E-state index contributed by atoms with van der Waals surface area (Å²) in [6.45, 7) is 7.85. The van der Waals surface area contributed by atoms with Crippen LogP contribution in [0.15, 0.2) is 0 Å². The number of carbonyl (C=O) groups is 4. The van der Waals surface area contributed by atoms with Crippen LogP contribution in [0.3, 0.4) is 0 Å². The fraction of sp³-hybridized carbons (Fsp3) is 0.907. The van der Waals surface area contributed by atoms with Crippen molar-refractivity contribution in [2.24, 2.45) is 5.92 Å². The van der Waals surface area contributed by atoms with Gasteiger partial charge in [0, 0.05) is 25.7 Å². The number of phosphoric acid groups is 1. The maximum atomic E-state index is 12.8. The quantitative estimate of drug-likeness (QED) is 0.0195. The van der Waals surface area contributed by atoms with E-state index in [1.54, 1.807) is 6.92 Å². The monoisotopic (exact) mass is 843 g/mol. The van der Waals surface area contributed by atoms with Crippen molar-refractivity contribution in [1.82, 2.24) is 0 Å². The second kappa shape index (κ2) is 40.4. The second-order valence-corrected chi connectivity index (χ2v) is 17.0. The SMILES string of the molecule is CCCCCCCCCCCCCC(=O)OC[C@H](COP(=O)([O-])OCC(COC(=O)CC(C)C)OC(=O)CCC)OC(=O)CCCCCCCCCCCCC.[Na+]. The third-order valence-corrected chi connectivity index (χ3v) is 10.2. The molecule has 0 aromatic rings. The number of phosphoric ester groups is 1. The van der Waals surface area contributed by atoms with E-state index in [2.05, 4.69) is 13.8 Å². The topological polar surface area (TPSA) is 164 Å². The summed E-state index contributed by atoms with van der Waals surface area (Å²) < 4.78 is 44.2. The van der Waals surface area contributed by atoms with Crippen molar-refractivity contribution in [3.63, 3.8) is 0 Å². The molecule has 0 rings (SSSR count). The summed E-state index contributed by atoms with van der Waals surface area (Å²) in [6, 6.07) is 0. The maximum absolute atomic E-state index is 12.8. The Morgan fingerprint density at radius 2 is 0.789 bits per heavy atom. The molecule has 0 aromatic carbocycles. The van der Waals surface area contributed by atoms with Crippen LogP contribution < -0.4 is 34.5 Å². The van der Waals surface area contributed by atoms with Gasteiger partial charge in [-0.15, -0.1) is 0 Å². The van der Waals surface area contributed by atoms with Crippen LogP contribution in [0.5, 0.6) is 0 Å². The molecule has 0 aliphatic rings. The molecule has 0 N–H and O–H groups in total. The fourth-order valence-corrected chi connectivity index (χ4v) is 6.79. The molecule has 0 aliphatic carbocycles. The van der Waals surface area contributed by atoms with Gasteiger partial charge >= 0.3 is 53.4 Å². The van der Waals surface area contributed by atoms with Crippen LogP contribution in [-0.2, 0) is 51.7 Å². The molecule has 0 amide bonds. The molecular weight excluding hydrogens is 762 g/mol. The summed E-state index contributed by atoms with van der Waals surface area (Å²) in [4.78, 5) is 62.2. The zero-order valence-electron chi connectivity index (χ0n) is 37.0. The molecule has 57 heavy (non-hydrogen) atoms. The number of carbonyl (C=O) groups excluding carboxylic acids is 4. The van der Waals surface area contributed by atoms with Gasteiger partial charge in [0.2, 0.25) is 0 Å². The van der Waals surface area contributed by atoms with Crippen molar-refractivity contribution in [2.75, 3.05) is 26.4 Å². The Labute approximate surface area is 368 Å². The molecule has 2 unspecified atom stereocenters. The summed E-state index contributed by atoms with van der Waals surface area (Å²) in [5.74, 6) is -2.07. The smallest absolute Gasteiger partial charge is 0.756 e. The van der Waals surface area contributed by atoms with Gasteiger partial charge in [-0.1, -0.05) is 163 Å². The molecule has 0 aromatic heterocycles. The number of hydrogen-bond acceptors (Lipinski definition) is 12. The Balaban J connectivity index is 0. The predicted molar refractivity (Wildman–Crippen MR) is 218 cm³/mol. The molecule has 0 radical (unpaired) electrons. The molecule has 3 atom stereocenters. The van der Waals surface area contributed by atoms with E-state index in [0.717, 1.165) is 38.5 Å². The largest absolute Gasteiger partial charge is 1.00 e. The summed E-state index contributed by atoms with van der Waals surface area (Å²) in [5, 5.41) is 0. The van der Waals surface area contributed by atoms with E-state index in [1.807, 2.05) is 13.8 Å². The summed E-state index contributed by atoms with van der Waals surface area (Å²) in [5.41, 5.74) is 0. The Hall–Kier alpha value is -1.01. The summed E-state index contributed by atoms with van der Waals surface area (Å²) in [6.07, 6.45) is 23.8. The van der Waals surface area contributed by atoms with Crippen LogP contribution in [0.4, 0.5) is 0 Å². The number of ether oxygens (including phenoxy) is 4. The molecule has 14 heteroatoms. The van der Waals surface area contributed by atoms with Gasteiger partial charge in [0.25, 0.3) is 7.82 Å². The first kappa shape index (κ1) is 58.1. The zero-order chi connectivity index (χ0) is 41.7. The normalized spacial score (nSPS) is 13.3. The van der Waals surface area contributed by atoms with Gasteiger partial charge < -0.3 is 32.9 Å². The van der Waals surface area contributed by atoms with Crippen LogP contribution in [0, 0.1) is 5.92 Å². The van der Waals surface area contributed by atoms with Gasteiger partial charge in [0.1, 0.15) is 13.2 Å². The Bertz CT molecular complexity index is 1040. The van der Waals surface area contributed by atoms with Crippen molar-refractivity contribution < 1.29 is 86.2 Å². The number of esters is 4. The minimum Gasteiger partial charge on any atom is -0.756 e. The van der Waals surface area contributed by atoms with Gasteiger partial charge in [-0.3, -0.25) is 23.7 Å². The standard InChI is InChI=1S/C43H81O12P.Na/c1-6-9-11-13-15-17-19-21-23-25-27-30-40(44)50-33-38(55-42(46)31-28-26-24-22-20-18-16-14-12-10-7-2)35-52-56(48,49)53-36-39(54-41(45)29-8-3)34-51-43(47)32-37(4)5;/h37-39H,6-36H2,1-5H3,(H,48,49);/q;+1/p-1/t38-,39?;/m1./s1.